The van der Waals surface area contributed by atoms with Crippen LogP contribution in [0.2, 0.25) is 0 Å². The number of aromatic amines is 1. The highest BCUT2D eigenvalue weighted by atomic mass is 16.4. The van der Waals surface area contributed by atoms with Crippen molar-refractivity contribution in [2.24, 2.45) is 0 Å². The van der Waals surface area contributed by atoms with E-state index >= 15 is 0 Å². The number of rotatable bonds is 2. The van der Waals surface area contributed by atoms with Crippen LogP contribution in [0.4, 0.5) is 5.69 Å². The van der Waals surface area contributed by atoms with Gasteiger partial charge in [0.15, 0.2) is 17.1 Å². The van der Waals surface area contributed by atoms with E-state index in [0.29, 0.717) is 16.7 Å². The van der Waals surface area contributed by atoms with Crippen LogP contribution >= 0.6 is 0 Å². The van der Waals surface area contributed by atoms with Crippen LogP contribution in [-0.4, -0.2) is 16.0 Å². The number of nitrogens with one attached hydrogen (secondary N) is 2. The molecule has 0 bridgehead atoms. The Morgan fingerprint density at radius 2 is 2.00 bits per heavy atom. The van der Waals surface area contributed by atoms with E-state index in [2.05, 4.69) is 10.3 Å². The predicted octanol–water partition coefficient (Wildman–Crippen LogP) is 4.18. The monoisotopic (exact) mass is 306 g/mol. The molecule has 0 fully saturated rings. The van der Waals surface area contributed by atoms with Gasteiger partial charge in [-0.05, 0) is 43.3 Å². The number of carbonyl (C=O) groups excluding carboxylic acids is 1. The summed E-state index contributed by atoms with van der Waals surface area (Å²) < 4.78 is 5.46. The lowest BCUT2D eigenvalue weighted by molar-refractivity contribution is 0.0998. The topological polar surface area (TPSA) is 78.3 Å². The van der Waals surface area contributed by atoms with E-state index in [-0.39, 0.29) is 17.4 Å². The quantitative estimate of drug-likeness (QED) is 0.520. The molecule has 2 heterocycles. The van der Waals surface area contributed by atoms with Crippen LogP contribution in [0.5, 0.6) is 5.75 Å². The standard InChI is InChI=1S/C18H14N2O3/c1-10-7-12-8-13(5-6-14(12)19-10)20-18(22)16-9-11-3-2-4-15(21)17(11)23-16/h2-9,19,21H,1H3,(H,20,22). The van der Waals surface area contributed by atoms with Crippen LogP contribution in [0, 0.1) is 6.92 Å². The number of phenolic OH excluding ortho intramolecular Hbond substituents is 1. The first kappa shape index (κ1) is 13.5. The zero-order chi connectivity index (χ0) is 16.0. The molecule has 3 N–H and O–H groups in total. The van der Waals surface area contributed by atoms with Gasteiger partial charge in [0, 0.05) is 27.7 Å². The van der Waals surface area contributed by atoms with Gasteiger partial charge in [-0.3, -0.25) is 4.79 Å². The van der Waals surface area contributed by atoms with Crippen molar-refractivity contribution in [2.75, 3.05) is 5.32 Å². The second-order valence-electron chi connectivity index (χ2n) is 5.51. The first-order chi connectivity index (χ1) is 11.1. The minimum absolute atomic E-state index is 0.0192. The Balaban J connectivity index is 1.65. The van der Waals surface area contributed by atoms with Gasteiger partial charge < -0.3 is 19.8 Å². The average molecular weight is 306 g/mol. The zero-order valence-corrected chi connectivity index (χ0v) is 12.4. The van der Waals surface area contributed by atoms with Crippen LogP contribution in [0.1, 0.15) is 16.2 Å². The fourth-order valence-electron chi connectivity index (χ4n) is 2.71. The average Bonchev–Trinajstić information content (AvgIpc) is 3.10. The van der Waals surface area contributed by atoms with Crippen molar-refractivity contribution in [3.63, 3.8) is 0 Å². The normalized spacial score (nSPS) is 11.2. The van der Waals surface area contributed by atoms with Crippen molar-refractivity contribution < 1.29 is 14.3 Å². The lowest BCUT2D eigenvalue weighted by atomic mass is 10.2. The third-order valence-electron chi connectivity index (χ3n) is 3.76. The lowest BCUT2D eigenvalue weighted by Crippen LogP contribution is -2.10. The first-order valence-electron chi connectivity index (χ1n) is 7.22. The molecule has 23 heavy (non-hydrogen) atoms. The van der Waals surface area contributed by atoms with Crippen LogP contribution in [-0.2, 0) is 0 Å². The number of H-pyrrole nitrogens is 1. The molecule has 114 valence electrons. The zero-order valence-electron chi connectivity index (χ0n) is 12.4. The van der Waals surface area contributed by atoms with Gasteiger partial charge in [0.25, 0.3) is 5.91 Å². The summed E-state index contributed by atoms with van der Waals surface area (Å²) in [6.45, 7) is 1.99. The first-order valence-corrected chi connectivity index (χ1v) is 7.22. The number of hydrogen-bond donors (Lipinski definition) is 3. The maximum Gasteiger partial charge on any atom is 0.291 e. The van der Waals surface area contributed by atoms with Crippen molar-refractivity contribution in [1.29, 1.82) is 0 Å². The number of carbonyl (C=O) groups is 1. The molecule has 0 aliphatic carbocycles. The van der Waals surface area contributed by atoms with Crippen molar-refractivity contribution in [3.05, 3.63) is 60.0 Å². The predicted molar refractivity (Wildman–Crippen MR) is 88.9 cm³/mol. The molecule has 5 heteroatoms. The van der Waals surface area contributed by atoms with Gasteiger partial charge in [-0.15, -0.1) is 0 Å². The van der Waals surface area contributed by atoms with Crippen molar-refractivity contribution in [1.82, 2.24) is 4.98 Å². The van der Waals surface area contributed by atoms with E-state index in [9.17, 15) is 9.90 Å². The number of anilines is 1. The molecule has 0 radical (unpaired) electrons. The van der Waals surface area contributed by atoms with Gasteiger partial charge in [-0.2, -0.15) is 0 Å². The van der Waals surface area contributed by atoms with E-state index in [0.717, 1.165) is 16.6 Å². The molecule has 0 atom stereocenters. The molecule has 0 unspecified atom stereocenters. The Morgan fingerprint density at radius 1 is 1.13 bits per heavy atom. The van der Waals surface area contributed by atoms with Crippen molar-refractivity contribution in [2.45, 2.75) is 6.92 Å². The molecule has 0 saturated carbocycles. The Labute approximate surface area is 131 Å². The Morgan fingerprint density at radius 3 is 2.83 bits per heavy atom. The van der Waals surface area contributed by atoms with Crippen LogP contribution < -0.4 is 5.32 Å². The number of phenols is 1. The highest BCUT2D eigenvalue weighted by Gasteiger charge is 2.14. The summed E-state index contributed by atoms with van der Waals surface area (Å²) in [4.78, 5) is 15.6. The molecular weight excluding hydrogens is 292 g/mol. The molecule has 2 aromatic heterocycles. The number of benzene rings is 2. The van der Waals surface area contributed by atoms with E-state index in [1.165, 1.54) is 6.07 Å². The smallest absolute Gasteiger partial charge is 0.291 e. The number of aromatic nitrogens is 1. The number of furan rings is 1. The molecule has 0 aliphatic heterocycles. The summed E-state index contributed by atoms with van der Waals surface area (Å²) in [5.41, 5.74) is 3.09. The third kappa shape index (κ3) is 2.32. The fourth-order valence-corrected chi connectivity index (χ4v) is 2.71. The highest BCUT2D eigenvalue weighted by Crippen LogP contribution is 2.28. The molecule has 4 aromatic rings. The molecular formula is C18H14N2O3. The summed E-state index contributed by atoms with van der Waals surface area (Å²) in [5, 5.41) is 14.3. The van der Waals surface area contributed by atoms with Crippen molar-refractivity contribution in [3.8, 4) is 5.75 Å². The van der Waals surface area contributed by atoms with Gasteiger partial charge >= 0.3 is 0 Å². The van der Waals surface area contributed by atoms with E-state index in [1.54, 1.807) is 18.2 Å². The number of aryl methyl sites for hydroxylation is 1. The molecule has 0 saturated heterocycles. The number of para-hydroxylation sites is 1. The van der Waals surface area contributed by atoms with Gasteiger partial charge in [-0.25, -0.2) is 0 Å². The van der Waals surface area contributed by atoms with Gasteiger partial charge in [-0.1, -0.05) is 12.1 Å². The van der Waals surface area contributed by atoms with Crippen LogP contribution in [0.25, 0.3) is 21.9 Å². The third-order valence-corrected chi connectivity index (χ3v) is 3.76. The minimum Gasteiger partial charge on any atom is -0.504 e. The van der Waals surface area contributed by atoms with Crippen LogP contribution in [0.3, 0.4) is 0 Å². The fraction of sp³-hybridized carbons (Fsp3) is 0.0556. The largest absolute Gasteiger partial charge is 0.504 e. The summed E-state index contributed by atoms with van der Waals surface area (Å²) in [6, 6.07) is 14.3. The number of hydrogen-bond acceptors (Lipinski definition) is 3. The number of fused-ring (bicyclic) bond motifs is 2. The summed E-state index contributed by atoms with van der Waals surface area (Å²) in [6.07, 6.45) is 0. The van der Waals surface area contributed by atoms with Gasteiger partial charge in [0.1, 0.15) is 0 Å². The molecule has 1 amide bonds. The molecule has 0 aliphatic rings. The Bertz CT molecular complexity index is 1040. The minimum atomic E-state index is -0.354. The molecule has 5 nitrogen and oxygen atoms in total. The Kier molecular flexibility index (Phi) is 2.87. The highest BCUT2D eigenvalue weighted by molar-refractivity contribution is 6.05. The number of aromatic hydroxyl groups is 1. The van der Waals surface area contributed by atoms with Gasteiger partial charge in [0.2, 0.25) is 0 Å². The second-order valence-corrected chi connectivity index (χ2v) is 5.51. The van der Waals surface area contributed by atoms with Crippen LogP contribution in [0.15, 0.2) is 52.9 Å². The SMILES string of the molecule is Cc1cc2cc(NC(=O)c3cc4cccc(O)c4o3)ccc2[nH]1. The second kappa shape index (κ2) is 4.91. The maximum atomic E-state index is 12.3. The molecule has 0 spiro atoms. The number of amides is 1. The van der Waals surface area contributed by atoms with Gasteiger partial charge in [0.05, 0.1) is 0 Å². The summed E-state index contributed by atoms with van der Waals surface area (Å²) in [7, 11) is 0. The molecule has 4 rings (SSSR count). The van der Waals surface area contributed by atoms with E-state index < -0.39 is 0 Å². The summed E-state index contributed by atoms with van der Waals surface area (Å²) in [5.74, 6) is -0.176. The molecule has 2 aromatic carbocycles. The Hall–Kier alpha value is -3.21. The van der Waals surface area contributed by atoms with Crippen molar-refractivity contribution >= 4 is 33.5 Å². The van der Waals surface area contributed by atoms with E-state index in [1.807, 2.05) is 31.2 Å². The van der Waals surface area contributed by atoms with E-state index in [4.69, 9.17) is 4.42 Å². The maximum absolute atomic E-state index is 12.3. The lowest BCUT2D eigenvalue weighted by Gasteiger charge is -2.03. The summed E-state index contributed by atoms with van der Waals surface area (Å²) >= 11 is 0.